The molecule has 152 valence electrons. The number of likely N-dealkylation sites (tertiary alicyclic amines) is 1. The van der Waals surface area contributed by atoms with Crippen LogP contribution in [0.1, 0.15) is 31.1 Å². The molecule has 3 rings (SSSR count). The van der Waals surface area contributed by atoms with E-state index in [0.29, 0.717) is 6.54 Å². The number of hydrogen-bond donors (Lipinski definition) is 2. The van der Waals surface area contributed by atoms with Crippen LogP contribution in [0.2, 0.25) is 0 Å². The van der Waals surface area contributed by atoms with E-state index in [4.69, 9.17) is 4.42 Å². The maximum atomic E-state index is 11.9. The second-order valence-corrected chi connectivity index (χ2v) is 8.54. The van der Waals surface area contributed by atoms with Crippen molar-refractivity contribution >= 4 is 21.4 Å². The van der Waals surface area contributed by atoms with Crippen LogP contribution in [0.4, 0.5) is 11.4 Å². The smallest absolute Gasteiger partial charge is 0.293 e. The number of furan rings is 1. The van der Waals surface area contributed by atoms with Crippen LogP contribution in [0.25, 0.3) is 0 Å². The maximum absolute atomic E-state index is 11.9. The van der Waals surface area contributed by atoms with E-state index in [-0.39, 0.29) is 22.3 Å². The Balaban J connectivity index is 1.84. The van der Waals surface area contributed by atoms with Crippen molar-refractivity contribution in [2.24, 2.45) is 0 Å². The van der Waals surface area contributed by atoms with Gasteiger partial charge in [0.2, 0.25) is 10.0 Å². The third kappa shape index (κ3) is 4.51. The van der Waals surface area contributed by atoms with E-state index in [1.807, 2.05) is 12.1 Å². The summed E-state index contributed by atoms with van der Waals surface area (Å²) in [5.74, 6) is 0.798. The van der Waals surface area contributed by atoms with Gasteiger partial charge in [0.1, 0.15) is 11.4 Å². The number of nitro benzene ring substituents is 1. The third-order valence-corrected chi connectivity index (χ3v) is 6.35. The molecule has 1 atom stereocenters. The van der Waals surface area contributed by atoms with Crippen molar-refractivity contribution in [3.05, 3.63) is 52.5 Å². The number of piperidine rings is 1. The number of nitrogens with zero attached hydrogens (tertiary/aromatic N) is 2. The van der Waals surface area contributed by atoms with Crippen LogP contribution < -0.4 is 10.0 Å². The van der Waals surface area contributed by atoms with E-state index in [1.54, 1.807) is 6.26 Å². The summed E-state index contributed by atoms with van der Waals surface area (Å²) < 4.78 is 31.6. The van der Waals surface area contributed by atoms with E-state index in [1.165, 1.54) is 25.6 Å². The van der Waals surface area contributed by atoms with Crippen molar-refractivity contribution in [3.63, 3.8) is 0 Å². The normalized spacial score (nSPS) is 16.6. The first-order valence-electron chi connectivity index (χ1n) is 9.15. The second kappa shape index (κ2) is 8.72. The van der Waals surface area contributed by atoms with Crippen LogP contribution >= 0.6 is 0 Å². The molecular weight excluding hydrogens is 384 g/mol. The van der Waals surface area contributed by atoms with E-state index in [0.717, 1.165) is 37.8 Å². The monoisotopic (exact) mass is 408 g/mol. The largest absolute Gasteiger partial charge is 0.468 e. The van der Waals surface area contributed by atoms with Gasteiger partial charge in [0, 0.05) is 12.6 Å². The summed E-state index contributed by atoms with van der Waals surface area (Å²) in [6.07, 6.45) is 5.02. The van der Waals surface area contributed by atoms with Gasteiger partial charge in [-0.05, 0) is 57.2 Å². The Bertz CT molecular complexity index is 908. The molecule has 2 N–H and O–H groups in total. The predicted octanol–water partition coefficient (Wildman–Crippen LogP) is 2.74. The average molecular weight is 408 g/mol. The highest BCUT2D eigenvalue weighted by atomic mass is 32.2. The zero-order valence-electron chi connectivity index (χ0n) is 15.6. The Labute approximate surface area is 163 Å². The van der Waals surface area contributed by atoms with Crippen molar-refractivity contribution in [2.45, 2.75) is 30.2 Å². The topological polar surface area (TPSA) is 118 Å². The molecule has 0 spiro atoms. The van der Waals surface area contributed by atoms with Gasteiger partial charge in [0.05, 0.1) is 22.1 Å². The third-order valence-electron chi connectivity index (χ3n) is 4.93. The van der Waals surface area contributed by atoms with E-state index < -0.39 is 14.9 Å². The Morgan fingerprint density at radius 3 is 2.61 bits per heavy atom. The van der Waals surface area contributed by atoms with Crippen LogP contribution in [0.3, 0.4) is 0 Å². The van der Waals surface area contributed by atoms with Crippen LogP contribution in [0.15, 0.2) is 45.9 Å². The van der Waals surface area contributed by atoms with Gasteiger partial charge in [-0.15, -0.1) is 0 Å². The molecule has 0 amide bonds. The van der Waals surface area contributed by atoms with Gasteiger partial charge in [0.25, 0.3) is 5.69 Å². The number of sulfonamides is 1. The first-order valence-corrected chi connectivity index (χ1v) is 10.6. The van der Waals surface area contributed by atoms with Crippen LogP contribution in [-0.2, 0) is 10.0 Å². The summed E-state index contributed by atoms with van der Waals surface area (Å²) in [7, 11) is -2.50. The minimum absolute atomic E-state index is 0.0596. The molecule has 28 heavy (non-hydrogen) atoms. The lowest BCUT2D eigenvalue weighted by Crippen LogP contribution is -2.37. The fourth-order valence-corrected chi connectivity index (χ4v) is 4.17. The number of anilines is 1. The molecule has 0 bridgehead atoms. The fraction of sp³-hybridized carbons (Fsp3) is 0.444. The first kappa shape index (κ1) is 20.3. The van der Waals surface area contributed by atoms with Gasteiger partial charge in [-0.1, -0.05) is 6.42 Å². The van der Waals surface area contributed by atoms with Crippen molar-refractivity contribution in [1.29, 1.82) is 0 Å². The van der Waals surface area contributed by atoms with Gasteiger partial charge in [-0.2, -0.15) is 0 Å². The Morgan fingerprint density at radius 2 is 2.00 bits per heavy atom. The quantitative estimate of drug-likeness (QED) is 0.509. The summed E-state index contributed by atoms with van der Waals surface area (Å²) in [4.78, 5) is 13.1. The number of nitrogens with one attached hydrogen (secondary N) is 2. The number of benzene rings is 1. The minimum Gasteiger partial charge on any atom is -0.468 e. The second-order valence-electron chi connectivity index (χ2n) is 6.65. The van der Waals surface area contributed by atoms with E-state index >= 15 is 0 Å². The highest BCUT2D eigenvalue weighted by molar-refractivity contribution is 7.89. The molecule has 1 aromatic heterocycles. The zero-order valence-corrected chi connectivity index (χ0v) is 16.4. The van der Waals surface area contributed by atoms with Crippen molar-refractivity contribution in [2.75, 3.05) is 32.0 Å². The molecule has 2 aromatic rings. The standard InChI is InChI=1S/C18H24N4O5S/c1-19-28(25,26)14-7-8-15(16(12-14)22(23)24)20-13-17(18-6-5-11-27-18)21-9-3-2-4-10-21/h5-8,11-12,17,19-20H,2-4,9-10,13H2,1H3. The van der Waals surface area contributed by atoms with Crippen molar-refractivity contribution < 1.29 is 17.8 Å². The van der Waals surface area contributed by atoms with Crippen LogP contribution in [0, 0.1) is 10.1 Å². The van der Waals surface area contributed by atoms with Gasteiger partial charge in [-0.3, -0.25) is 15.0 Å². The van der Waals surface area contributed by atoms with Gasteiger partial charge >= 0.3 is 0 Å². The molecule has 1 fully saturated rings. The molecule has 1 aliphatic heterocycles. The summed E-state index contributed by atoms with van der Waals surface area (Å²) in [6.45, 7) is 2.29. The summed E-state index contributed by atoms with van der Waals surface area (Å²) >= 11 is 0. The number of rotatable bonds is 8. The summed E-state index contributed by atoms with van der Waals surface area (Å²) in [5, 5.41) is 14.6. The number of nitro groups is 1. The van der Waals surface area contributed by atoms with E-state index in [9.17, 15) is 18.5 Å². The van der Waals surface area contributed by atoms with Crippen molar-refractivity contribution in [3.8, 4) is 0 Å². The molecule has 0 radical (unpaired) electrons. The maximum Gasteiger partial charge on any atom is 0.293 e. The van der Waals surface area contributed by atoms with Gasteiger partial charge < -0.3 is 9.73 Å². The molecule has 9 nitrogen and oxygen atoms in total. The highest BCUT2D eigenvalue weighted by Crippen LogP contribution is 2.30. The average Bonchev–Trinajstić information content (AvgIpc) is 3.23. The molecule has 10 heteroatoms. The predicted molar refractivity (Wildman–Crippen MR) is 105 cm³/mol. The van der Waals surface area contributed by atoms with Gasteiger partial charge in [-0.25, -0.2) is 13.1 Å². The molecule has 1 aliphatic rings. The van der Waals surface area contributed by atoms with E-state index in [2.05, 4.69) is 14.9 Å². The van der Waals surface area contributed by atoms with Crippen molar-refractivity contribution in [1.82, 2.24) is 9.62 Å². The number of hydrogen-bond acceptors (Lipinski definition) is 7. The Morgan fingerprint density at radius 1 is 1.25 bits per heavy atom. The highest BCUT2D eigenvalue weighted by Gasteiger charge is 2.26. The SMILES string of the molecule is CNS(=O)(=O)c1ccc(NCC(c2ccco2)N2CCCCC2)c([N+](=O)[O-])c1. The van der Waals surface area contributed by atoms with Crippen LogP contribution in [0.5, 0.6) is 0 Å². The lowest BCUT2D eigenvalue weighted by atomic mass is 10.1. The molecule has 2 heterocycles. The molecule has 1 aromatic carbocycles. The van der Waals surface area contributed by atoms with Crippen LogP contribution in [-0.4, -0.2) is 44.9 Å². The fourth-order valence-electron chi connectivity index (χ4n) is 3.42. The lowest BCUT2D eigenvalue weighted by molar-refractivity contribution is -0.384. The minimum atomic E-state index is -3.76. The molecule has 1 saturated heterocycles. The molecule has 0 saturated carbocycles. The molecule has 1 unspecified atom stereocenters. The summed E-state index contributed by atoms with van der Waals surface area (Å²) in [5.41, 5.74) is -0.0122. The first-order chi connectivity index (χ1) is 13.4. The zero-order chi connectivity index (χ0) is 20.1. The molecule has 0 aliphatic carbocycles. The lowest BCUT2D eigenvalue weighted by Gasteiger charge is -2.33. The Hall–Kier alpha value is -2.43. The Kier molecular flexibility index (Phi) is 6.32. The van der Waals surface area contributed by atoms with Gasteiger partial charge in [0.15, 0.2) is 0 Å². The molecular formula is C18H24N4O5S. The summed E-state index contributed by atoms with van der Waals surface area (Å²) in [6, 6.07) is 7.51.